The highest BCUT2D eigenvalue weighted by Gasteiger charge is 2.41. The first-order valence-corrected chi connectivity index (χ1v) is 6.91. The molecular weight excluding hydrogens is 244 g/mol. The second-order valence-electron chi connectivity index (χ2n) is 6.11. The van der Waals surface area contributed by atoms with Crippen LogP contribution < -0.4 is 0 Å². The number of hydrogen-bond acceptors (Lipinski definition) is 3. The molecule has 3 nitrogen and oxygen atoms in total. The van der Waals surface area contributed by atoms with Gasteiger partial charge in [-0.05, 0) is 44.1 Å². The Morgan fingerprint density at radius 2 is 1.89 bits per heavy atom. The van der Waals surface area contributed by atoms with Gasteiger partial charge in [-0.25, -0.2) is 4.98 Å². The van der Waals surface area contributed by atoms with Crippen LogP contribution in [0.1, 0.15) is 51.0 Å². The molecule has 1 saturated carbocycles. The molecule has 100 valence electrons. The highest BCUT2D eigenvalue weighted by Crippen LogP contribution is 2.45. The number of aryl methyl sites for hydroxylation is 1. The van der Waals surface area contributed by atoms with E-state index in [9.17, 15) is 0 Å². The van der Waals surface area contributed by atoms with E-state index in [2.05, 4.69) is 23.8 Å². The lowest BCUT2D eigenvalue weighted by molar-refractivity contribution is -0.0730. The predicted octanol–water partition coefficient (Wildman–Crippen LogP) is 3.89. The van der Waals surface area contributed by atoms with E-state index in [1.807, 2.05) is 13.0 Å². The quantitative estimate of drug-likeness (QED) is 0.825. The molecule has 2 rings (SSSR count). The SMILES string of the molecule is COC1(c2nc(=S)cc(C)[nH]2)CCC(C)(C)CC1. The normalized spacial score (nSPS) is 21.8. The molecule has 0 unspecified atom stereocenters. The van der Waals surface area contributed by atoms with Gasteiger partial charge in [0.25, 0.3) is 0 Å². The Kier molecular flexibility index (Phi) is 3.60. The van der Waals surface area contributed by atoms with Crippen molar-refractivity contribution in [3.8, 4) is 0 Å². The number of nitrogens with one attached hydrogen (secondary N) is 1. The van der Waals surface area contributed by atoms with Crippen molar-refractivity contribution in [1.82, 2.24) is 9.97 Å². The van der Waals surface area contributed by atoms with E-state index >= 15 is 0 Å². The maximum atomic E-state index is 5.83. The Labute approximate surface area is 114 Å². The summed E-state index contributed by atoms with van der Waals surface area (Å²) in [5, 5.41) is 0. The van der Waals surface area contributed by atoms with Gasteiger partial charge in [-0.15, -0.1) is 0 Å². The van der Waals surface area contributed by atoms with Crippen molar-refractivity contribution in [3.63, 3.8) is 0 Å². The summed E-state index contributed by atoms with van der Waals surface area (Å²) in [6.07, 6.45) is 4.30. The first-order chi connectivity index (χ1) is 8.37. The van der Waals surface area contributed by atoms with Crippen LogP contribution in [0, 0.1) is 17.0 Å². The van der Waals surface area contributed by atoms with Crippen LogP contribution in [0.25, 0.3) is 0 Å². The fraction of sp³-hybridized carbons (Fsp3) is 0.714. The third-order valence-electron chi connectivity index (χ3n) is 4.11. The lowest BCUT2D eigenvalue weighted by Crippen LogP contribution is -2.38. The Morgan fingerprint density at radius 1 is 1.28 bits per heavy atom. The van der Waals surface area contributed by atoms with E-state index in [4.69, 9.17) is 17.0 Å². The molecule has 0 amide bonds. The molecule has 0 bridgehead atoms. The number of hydrogen-bond donors (Lipinski definition) is 1. The molecule has 1 aliphatic rings. The first kappa shape index (κ1) is 13.7. The lowest BCUT2D eigenvalue weighted by Gasteiger charge is -2.41. The fourth-order valence-electron chi connectivity index (χ4n) is 2.66. The van der Waals surface area contributed by atoms with Crippen LogP contribution in [0.2, 0.25) is 0 Å². The van der Waals surface area contributed by atoms with E-state index in [0.29, 0.717) is 10.1 Å². The molecule has 0 radical (unpaired) electrons. The fourth-order valence-corrected chi connectivity index (χ4v) is 2.93. The van der Waals surface area contributed by atoms with Crippen molar-refractivity contribution in [2.45, 2.75) is 52.1 Å². The zero-order valence-electron chi connectivity index (χ0n) is 11.7. The maximum Gasteiger partial charge on any atom is 0.140 e. The largest absolute Gasteiger partial charge is 0.370 e. The molecule has 4 heteroatoms. The minimum Gasteiger partial charge on any atom is -0.370 e. The van der Waals surface area contributed by atoms with Gasteiger partial charge in [0.2, 0.25) is 0 Å². The molecule has 0 atom stereocenters. The van der Waals surface area contributed by atoms with Gasteiger partial charge in [0.1, 0.15) is 16.1 Å². The van der Waals surface area contributed by atoms with Crippen LogP contribution in [-0.2, 0) is 10.3 Å². The minimum atomic E-state index is -0.283. The molecule has 0 aliphatic heterocycles. The molecule has 0 spiro atoms. The highest BCUT2D eigenvalue weighted by molar-refractivity contribution is 7.71. The number of nitrogens with zero attached hydrogens (tertiary/aromatic N) is 1. The maximum absolute atomic E-state index is 5.83. The van der Waals surface area contributed by atoms with Crippen molar-refractivity contribution >= 4 is 12.2 Å². The summed E-state index contributed by atoms with van der Waals surface area (Å²) in [4.78, 5) is 7.82. The van der Waals surface area contributed by atoms with Crippen molar-refractivity contribution in [3.05, 3.63) is 22.2 Å². The molecule has 1 aromatic rings. The van der Waals surface area contributed by atoms with Gasteiger partial charge >= 0.3 is 0 Å². The molecule has 0 aromatic carbocycles. The van der Waals surface area contributed by atoms with E-state index in [1.165, 1.54) is 0 Å². The van der Waals surface area contributed by atoms with Gasteiger partial charge in [-0.3, -0.25) is 0 Å². The Hall–Kier alpha value is -0.740. The number of methoxy groups -OCH3 is 1. The van der Waals surface area contributed by atoms with Gasteiger partial charge in [0.05, 0.1) is 0 Å². The Bertz CT molecular complexity index is 483. The number of ether oxygens (including phenoxy) is 1. The van der Waals surface area contributed by atoms with Crippen LogP contribution in [0.5, 0.6) is 0 Å². The summed E-state index contributed by atoms with van der Waals surface area (Å²) in [5.41, 5.74) is 1.17. The van der Waals surface area contributed by atoms with Gasteiger partial charge in [-0.1, -0.05) is 26.1 Å². The van der Waals surface area contributed by atoms with Gasteiger partial charge in [0.15, 0.2) is 0 Å². The van der Waals surface area contributed by atoms with E-state index in [0.717, 1.165) is 37.2 Å². The molecule has 1 fully saturated rings. The first-order valence-electron chi connectivity index (χ1n) is 6.51. The molecule has 1 heterocycles. The minimum absolute atomic E-state index is 0.283. The third kappa shape index (κ3) is 2.64. The van der Waals surface area contributed by atoms with E-state index in [-0.39, 0.29) is 5.60 Å². The number of aromatic amines is 1. The van der Waals surface area contributed by atoms with Crippen LogP contribution >= 0.6 is 12.2 Å². The second-order valence-corrected chi connectivity index (χ2v) is 6.53. The van der Waals surface area contributed by atoms with Crippen molar-refractivity contribution in [2.24, 2.45) is 5.41 Å². The Balaban J connectivity index is 2.36. The number of H-pyrrole nitrogens is 1. The Morgan fingerprint density at radius 3 is 2.39 bits per heavy atom. The predicted molar refractivity (Wildman–Crippen MR) is 75.1 cm³/mol. The number of aromatic nitrogens is 2. The van der Waals surface area contributed by atoms with Gasteiger partial charge < -0.3 is 9.72 Å². The zero-order chi connectivity index (χ0) is 13.4. The molecule has 1 aromatic heterocycles. The average Bonchev–Trinajstić information content (AvgIpc) is 2.28. The molecule has 18 heavy (non-hydrogen) atoms. The topological polar surface area (TPSA) is 37.9 Å². The average molecular weight is 266 g/mol. The zero-order valence-corrected chi connectivity index (χ0v) is 12.5. The molecule has 1 aliphatic carbocycles. The third-order valence-corrected chi connectivity index (χ3v) is 4.32. The summed E-state index contributed by atoms with van der Waals surface area (Å²) >= 11 is 5.21. The van der Waals surface area contributed by atoms with Gasteiger partial charge in [-0.2, -0.15) is 0 Å². The summed E-state index contributed by atoms with van der Waals surface area (Å²) in [6.45, 7) is 6.65. The van der Waals surface area contributed by atoms with Crippen molar-refractivity contribution in [1.29, 1.82) is 0 Å². The second kappa shape index (κ2) is 4.74. The van der Waals surface area contributed by atoms with E-state index in [1.54, 1.807) is 7.11 Å². The summed E-state index contributed by atoms with van der Waals surface area (Å²) in [7, 11) is 1.78. The van der Waals surface area contributed by atoms with E-state index < -0.39 is 0 Å². The van der Waals surface area contributed by atoms with Crippen molar-refractivity contribution in [2.75, 3.05) is 7.11 Å². The molecule has 1 N–H and O–H groups in total. The highest BCUT2D eigenvalue weighted by atomic mass is 32.1. The smallest absolute Gasteiger partial charge is 0.140 e. The number of rotatable bonds is 2. The summed E-state index contributed by atoms with van der Waals surface area (Å²) < 4.78 is 6.47. The van der Waals surface area contributed by atoms with Crippen LogP contribution in [0.3, 0.4) is 0 Å². The van der Waals surface area contributed by atoms with Crippen LogP contribution in [0.4, 0.5) is 0 Å². The van der Waals surface area contributed by atoms with Crippen LogP contribution in [-0.4, -0.2) is 17.1 Å². The molecular formula is C14H22N2OS. The standard InChI is InChI=1S/C14H22N2OS/c1-10-9-11(18)16-12(15-10)14(17-4)7-5-13(2,3)6-8-14/h9H,5-8H2,1-4H3,(H,15,16,18). The van der Waals surface area contributed by atoms with Crippen molar-refractivity contribution < 1.29 is 4.74 Å². The monoisotopic (exact) mass is 266 g/mol. The summed E-state index contributed by atoms with van der Waals surface area (Å²) in [5.74, 6) is 0.894. The lowest BCUT2D eigenvalue weighted by atomic mass is 9.70. The van der Waals surface area contributed by atoms with Crippen LogP contribution in [0.15, 0.2) is 6.07 Å². The van der Waals surface area contributed by atoms with Gasteiger partial charge in [0, 0.05) is 12.8 Å². The molecule has 0 saturated heterocycles. The summed E-state index contributed by atoms with van der Waals surface area (Å²) in [6, 6.07) is 1.88.